The molecule has 0 radical (unpaired) electrons. The summed E-state index contributed by atoms with van der Waals surface area (Å²) in [4.78, 5) is 20.0. The molecule has 0 aliphatic heterocycles. The minimum atomic E-state index is -1.02. The van der Waals surface area contributed by atoms with E-state index in [4.69, 9.17) is 5.11 Å². The third-order valence-corrected chi connectivity index (χ3v) is 5.74. The molecular formula is C25H26N6O2. The van der Waals surface area contributed by atoms with E-state index >= 15 is 0 Å². The molecule has 2 aromatic heterocycles. The number of nitrogens with one attached hydrogen (secondary N) is 3. The fourth-order valence-electron chi connectivity index (χ4n) is 4.24. The number of nitrogens with zero attached hydrogens (tertiary/aromatic N) is 3. The van der Waals surface area contributed by atoms with E-state index < -0.39 is 6.09 Å². The molecule has 4 N–H and O–H groups in total. The Kier molecular flexibility index (Phi) is 6.69. The molecule has 0 unspecified atom stereocenters. The van der Waals surface area contributed by atoms with Crippen molar-refractivity contribution in [1.82, 2.24) is 15.3 Å². The van der Waals surface area contributed by atoms with Crippen molar-refractivity contribution in [1.29, 1.82) is 5.26 Å². The van der Waals surface area contributed by atoms with Crippen molar-refractivity contribution in [2.45, 2.75) is 44.7 Å². The largest absolute Gasteiger partial charge is 0.465 e. The number of hydrogen-bond acceptors (Lipinski definition) is 6. The van der Waals surface area contributed by atoms with E-state index in [0.717, 1.165) is 48.2 Å². The van der Waals surface area contributed by atoms with Gasteiger partial charge in [0.1, 0.15) is 11.9 Å². The zero-order chi connectivity index (χ0) is 23.2. The smallest absolute Gasteiger partial charge is 0.404 e. The number of aryl methyl sites for hydroxylation is 1. The molecule has 168 valence electrons. The van der Waals surface area contributed by atoms with E-state index in [1.807, 2.05) is 55.5 Å². The third kappa shape index (κ3) is 5.57. The van der Waals surface area contributed by atoms with E-state index in [0.29, 0.717) is 11.5 Å². The summed E-state index contributed by atoms with van der Waals surface area (Å²) in [5.74, 6) is 0.618. The highest BCUT2D eigenvalue weighted by molar-refractivity contribution is 5.72. The lowest BCUT2D eigenvalue weighted by atomic mass is 9.90. The van der Waals surface area contributed by atoms with Gasteiger partial charge in [0.2, 0.25) is 0 Å². The Morgan fingerprint density at radius 3 is 2.58 bits per heavy atom. The van der Waals surface area contributed by atoms with Crippen LogP contribution in [0.2, 0.25) is 0 Å². The first kappa shape index (κ1) is 22.1. The van der Waals surface area contributed by atoms with Crippen molar-refractivity contribution in [3.8, 4) is 17.2 Å². The molecule has 0 bridgehead atoms. The van der Waals surface area contributed by atoms with Gasteiger partial charge in [-0.25, -0.2) is 14.8 Å². The molecule has 33 heavy (non-hydrogen) atoms. The molecule has 1 fully saturated rings. The summed E-state index contributed by atoms with van der Waals surface area (Å²) in [6, 6.07) is 17.7. The Hall–Kier alpha value is -4.12. The maximum Gasteiger partial charge on any atom is 0.404 e. The average molecular weight is 443 g/mol. The third-order valence-electron chi connectivity index (χ3n) is 5.74. The normalized spacial score (nSPS) is 17.6. The van der Waals surface area contributed by atoms with Crippen LogP contribution in [0.4, 0.5) is 22.0 Å². The minimum absolute atomic E-state index is 0.0424. The topological polar surface area (TPSA) is 123 Å². The van der Waals surface area contributed by atoms with Gasteiger partial charge in [0.05, 0.1) is 23.6 Å². The summed E-state index contributed by atoms with van der Waals surface area (Å²) < 4.78 is 0. The fraction of sp³-hybridized carbons (Fsp3) is 0.280. The first-order chi connectivity index (χ1) is 16.0. The van der Waals surface area contributed by atoms with Gasteiger partial charge in [-0.3, -0.25) is 0 Å². The highest BCUT2D eigenvalue weighted by Gasteiger charge is 2.26. The summed E-state index contributed by atoms with van der Waals surface area (Å²) in [6.45, 7) is 1.93. The SMILES string of the molecule is Cc1cc(-c2ccccc2)cc(Nc2cc(N[C@@H]3CCCC[C@@H]3NC(=O)O)cnc2C#N)n1. The standard InChI is InChI=1S/C25H26N6O2/c1-16-11-18(17-7-3-2-4-8-17)12-24(28-16)30-22-13-19(15-27-23(22)14-26)29-20-9-5-6-10-21(20)31-25(32)33/h2-4,7-8,11-13,15,20-21,29,31H,5-6,9-10H2,1H3,(H,28,30)(H,32,33)/t20-,21+/m1/s1. The van der Waals surface area contributed by atoms with Gasteiger partial charge in [0.25, 0.3) is 0 Å². The number of aromatic nitrogens is 2. The van der Waals surface area contributed by atoms with Gasteiger partial charge in [-0.05, 0) is 49.1 Å². The molecule has 8 heteroatoms. The summed E-state index contributed by atoms with van der Waals surface area (Å²) in [7, 11) is 0. The Balaban J connectivity index is 1.58. The van der Waals surface area contributed by atoms with Crippen molar-refractivity contribution in [2.24, 2.45) is 0 Å². The molecule has 4 rings (SSSR count). The lowest BCUT2D eigenvalue weighted by molar-refractivity contribution is 0.184. The zero-order valence-electron chi connectivity index (χ0n) is 18.4. The summed E-state index contributed by atoms with van der Waals surface area (Å²) >= 11 is 0. The van der Waals surface area contributed by atoms with Gasteiger partial charge < -0.3 is 21.1 Å². The van der Waals surface area contributed by atoms with Crippen molar-refractivity contribution < 1.29 is 9.90 Å². The van der Waals surface area contributed by atoms with Gasteiger partial charge in [-0.15, -0.1) is 0 Å². The van der Waals surface area contributed by atoms with Crippen LogP contribution in [0.5, 0.6) is 0 Å². The number of benzene rings is 1. The molecule has 2 atom stereocenters. The van der Waals surface area contributed by atoms with Crippen LogP contribution in [0.3, 0.4) is 0 Å². The quantitative estimate of drug-likeness (QED) is 0.421. The number of hydrogen-bond donors (Lipinski definition) is 4. The molecule has 1 aliphatic carbocycles. The van der Waals surface area contributed by atoms with Crippen molar-refractivity contribution in [3.63, 3.8) is 0 Å². The molecule has 0 spiro atoms. The van der Waals surface area contributed by atoms with Crippen LogP contribution in [-0.4, -0.2) is 33.3 Å². The van der Waals surface area contributed by atoms with Gasteiger partial charge >= 0.3 is 6.09 Å². The number of amides is 1. The molecule has 1 aromatic carbocycles. The van der Waals surface area contributed by atoms with Crippen molar-refractivity contribution in [3.05, 3.63) is 66.1 Å². The van der Waals surface area contributed by atoms with Crippen LogP contribution in [0.15, 0.2) is 54.7 Å². The van der Waals surface area contributed by atoms with E-state index in [-0.39, 0.29) is 17.8 Å². The number of carboxylic acid groups (broad SMARTS) is 1. The molecular weight excluding hydrogens is 416 g/mol. The van der Waals surface area contributed by atoms with Gasteiger partial charge in [-0.2, -0.15) is 5.26 Å². The second kappa shape index (κ2) is 10.0. The molecule has 1 amide bonds. The minimum Gasteiger partial charge on any atom is -0.465 e. The Labute approximate surface area is 192 Å². The lowest BCUT2D eigenvalue weighted by Crippen LogP contribution is -2.48. The number of carbonyl (C=O) groups is 1. The molecule has 2 heterocycles. The monoisotopic (exact) mass is 442 g/mol. The highest BCUT2D eigenvalue weighted by atomic mass is 16.4. The maximum atomic E-state index is 11.2. The Morgan fingerprint density at radius 1 is 1.09 bits per heavy atom. The Morgan fingerprint density at radius 2 is 1.85 bits per heavy atom. The summed E-state index contributed by atoms with van der Waals surface area (Å²) in [5, 5.41) is 28.0. The van der Waals surface area contributed by atoms with E-state index in [1.165, 1.54) is 0 Å². The van der Waals surface area contributed by atoms with Crippen LogP contribution >= 0.6 is 0 Å². The predicted octanol–water partition coefficient (Wildman–Crippen LogP) is 5.06. The predicted molar refractivity (Wildman–Crippen MR) is 127 cm³/mol. The van der Waals surface area contributed by atoms with Crippen LogP contribution < -0.4 is 16.0 Å². The summed E-state index contributed by atoms with van der Waals surface area (Å²) in [6.07, 6.45) is 4.25. The average Bonchev–Trinajstić information content (AvgIpc) is 2.80. The van der Waals surface area contributed by atoms with E-state index in [2.05, 4.69) is 32.0 Å². The zero-order valence-corrected chi connectivity index (χ0v) is 18.4. The molecule has 3 aromatic rings. The number of anilines is 3. The second-order valence-corrected chi connectivity index (χ2v) is 8.20. The maximum absolute atomic E-state index is 11.2. The summed E-state index contributed by atoms with van der Waals surface area (Å²) in [5.41, 5.74) is 4.47. The van der Waals surface area contributed by atoms with Gasteiger partial charge in [0.15, 0.2) is 5.69 Å². The van der Waals surface area contributed by atoms with Crippen LogP contribution in [0.1, 0.15) is 37.1 Å². The number of nitriles is 1. The number of pyridine rings is 2. The molecule has 1 aliphatic rings. The van der Waals surface area contributed by atoms with Crippen molar-refractivity contribution in [2.75, 3.05) is 10.6 Å². The molecule has 8 nitrogen and oxygen atoms in total. The lowest BCUT2D eigenvalue weighted by Gasteiger charge is -2.32. The van der Waals surface area contributed by atoms with E-state index in [9.17, 15) is 10.1 Å². The number of rotatable bonds is 6. The first-order valence-electron chi connectivity index (χ1n) is 11.0. The van der Waals surface area contributed by atoms with Gasteiger partial charge in [0, 0.05) is 11.7 Å². The Bertz CT molecular complexity index is 1180. The van der Waals surface area contributed by atoms with E-state index in [1.54, 1.807) is 6.20 Å². The molecule has 1 saturated carbocycles. The van der Waals surface area contributed by atoms with Gasteiger partial charge in [-0.1, -0.05) is 43.2 Å². The highest BCUT2D eigenvalue weighted by Crippen LogP contribution is 2.28. The van der Waals surface area contributed by atoms with Crippen LogP contribution in [0.25, 0.3) is 11.1 Å². The fourth-order valence-corrected chi connectivity index (χ4v) is 4.24. The van der Waals surface area contributed by atoms with Crippen LogP contribution in [-0.2, 0) is 0 Å². The molecule has 0 saturated heterocycles. The van der Waals surface area contributed by atoms with Crippen LogP contribution in [0, 0.1) is 18.3 Å². The van der Waals surface area contributed by atoms with Crippen molar-refractivity contribution >= 4 is 23.3 Å². The second-order valence-electron chi connectivity index (χ2n) is 8.20. The first-order valence-corrected chi connectivity index (χ1v) is 11.0.